The average molecular weight is 375 g/mol. The van der Waals surface area contributed by atoms with Gasteiger partial charge in [-0.05, 0) is 56.1 Å². The molecule has 0 bridgehead atoms. The first-order valence-corrected chi connectivity index (χ1v) is 8.16. The standard InChI is InChI=1S/C12H9Br2NOS/c13-9-5-1-3-7-11(9)17(15-16-17)12-8-4-2-6-10(12)14/h1-8,15H. The van der Waals surface area contributed by atoms with Crippen LogP contribution in [0.25, 0.3) is 0 Å². The average Bonchev–Trinajstić information content (AvgIpc) is 3.11. The molecule has 0 saturated carbocycles. The van der Waals surface area contributed by atoms with Crippen molar-refractivity contribution in [2.75, 3.05) is 0 Å². The number of benzene rings is 2. The van der Waals surface area contributed by atoms with Crippen LogP contribution < -0.4 is 4.89 Å². The molecule has 17 heavy (non-hydrogen) atoms. The van der Waals surface area contributed by atoms with Gasteiger partial charge in [-0.1, -0.05) is 24.3 Å². The molecule has 2 aromatic rings. The Morgan fingerprint density at radius 3 is 1.59 bits per heavy atom. The van der Waals surface area contributed by atoms with Crippen molar-refractivity contribution >= 4 is 42.4 Å². The van der Waals surface area contributed by atoms with Crippen LogP contribution in [0.5, 0.6) is 0 Å². The summed E-state index contributed by atoms with van der Waals surface area (Å²) in [5.74, 6) is 0. The Kier molecular flexibility index (Phi) is 3.04. The van der Waals surface area contributed by atoms with E-state index in [1.165, 1.54) is 0 Å². The summed E-state index contributed by atoms with van der Waals surface area (Å²) in [5, 5.41) is 0. The smallest absolute Gasteiger partial charge is 0.0488 e. The van der Waals surface area contributed by atoms with E-state index in [2.05, 4.69) is 48.9 Å². The first-order chi connectivity index (χ1) is 8.24. The quantitative estimate of drug-likeness (QED) is 0.766. The molecule has 1 aliphatic heterocycles. The second-order valence-electron chi connectivity index (χ2n) is 3.58. The highest BCUT2D eigenvalue weighted by molar-refractivity contribution is 9.11. The van der Waals surface area contributed by atoms with Crippen LogP contribution in [0.15, 0.2) is 67.3 Å². The lowest BCUT2D eigenvalue weighted by Gasteiger charge is -2.17. The Bertz CT molecular complexity index is 524. The SMILES string of the molecule is Brc1ccccc1S1(c2ccccc2Br)NO1. The fourth-order valence-corrected chi connectivity index (χ4v) is 5.72. The van der Waals surface area contributed by atoms with Gasteiger partial charge in [0, 0.05) is 29.2 Å². The van der Waals surface area contributed by atoms with Gasteiger partial charge in [-0.2, -0.15) is 0 Å². The minimum Gasteiger partial charge on any atom is -0.217 e. The molecule has 0 unspecified atom stereocenters. The number of nitrogens with one attached hydrogen (secondary N) is 1. The lowest BCUT2D eigenvalue weighted by atomic mass is 10.4. The summed E-state index contributed by atoms with van der Waals surface area (Å²) in [6.45, 7) is 0. The van der Waals surface area contributed by atoms with E-state index in [1.807, 2.05) is 36.4 Å². The molecule has 1 heterocycles. The van der Waals surface area contributed by atoms with Gasteiger partial charge in [-0.25, -0.2) is 4.28 Å². The van der Waals surface area contributed by atoms with E-state index in [0.717, 1.165) is 18.7 Å². The predicted octanol–water partition coefficient (Wildman–Crippen LogP) is 4.80. The molecule has 1 N–H and O–H groups in total. The number of halogens is 2. The van der Waals surface area contributed by atoms with E-state index in [-0.39, 0.29) is 0 Å². The van der Waals surface area contributed by atoms with Crippen LogP contribution in [0, 0.1) is 0 Å². The molecular weight excluding hydrogens is 366 g/mol. The Balaban J connectivity index is 2.15. The Labute approximate surface area is 118 Å². The third-order valence-electron chi connectivity index (χ3n) is 2.54. The van der Waals surface area contributed by atoms with E-state index < -0.39 is 10.5 Å². The molecule has 3 rings (SSSR count). The van der Waals surface area contributed by atoms with Crippen molar-refractivity contribution in [1.82, 2.24) is 4.89 Å². The summed E-state index contributed by atoms with van der Waals surface area (Å²) in [4.78, 5) is 5.40. The summed E-state index contributed by atoms with van der Waals surface area (Å²) in [7, 11) is -1.49. The lowest BCUT2D eigenvalue weighted by molar-refractivity contribution is 0.467. The molecule has 0 atom stereocenters. The van der Waals surface area contributed by atoms with Gasteiger partial charge in [-0.3, -0.25) is 0 Å². The first-order valence-electron chi connectivity index (χ1n) is 5.02. The second-order valence-corrected chi connectivity index (χ2v) is 7.62. The van der Waals surface area contributed by atoms with Gasteiger partial charge < -0.3 is 0 Å². The minimum absolute atomic E-state index is 1.07. The van der Waals surface area contributed by atoms with Gasteiger partial charge in [0.05, 0.1) is 0 Å². The molecule has 88 valence electrons. The van der Waals surface area contributed by atoms with Gasteiger partial charge >= 0.3 is 0 Å². The van der Waals surface area contributed by atoms with Crippen molar-refractivity contribution in [2.45, 2.75) is 9.79 Å². The zero-order valence-electron chi connectivity index (χ0n) is 8.69. The maximum absolute atomic E-state index is 5.60. The van der Waals surface area contributed by atoms with Crippen LogP contribution in [-0.2, 0) is 4.28 Å². The highest BCUT2D eigenvalue weighted by atomic mass is 79.9. The molecule has 0 spiro atoms. The zero-order valence-corrected chi connectivity index (χ0v) is 12.7. The molecule has 1 saturated heterocycles. The van der Waals surface area contributed by atoms with Gasteiger partial charge in [0.1, 0.15) is 0 Å². The number of hydrogen-bond acceptors (Lipinski definition) is 2. The lowest BCUT2D eigenvalue weighted by Crippen LogP contribution is -1.91. The molecule has 0 radical (unpaired) electrons. The molecule has 1 aliphatic rings. The fourth-order valence-electron chi connectivity index (χ4n) is 1.69. The van der Waals surface area contributed by atoms with E-state index in [4.69, 9.17) is 4.28 Å². The van der Waals surface area contributed by atoms with E-state index in [9.17, 15) is 0 Å². The number of rotatable bonds is 2. The van der Waals surface area contributed by atoms with Crippen molar-refractivity contribution < 1.29 is 4.28 Å². The van der Waals surface area contributed by atoms with Gasteiger partial charge in [0.15, 0.2) is 0 Å². The maximum Gasteiger partial charge on any atom is 0.0488 e. The highest BCUT2D eigenvalue weighted by Gasteiger charge is 2.45. The fraction of sp³-hybridized carbons (Fsp3) is 0. The zero-order chi connectivity index (χ0) is 11.9. The third-order valence-corrected chi connectivity index (χ3v) is 6.90. The maximum atomic E-state index is 5.60. The summed E-state index contributed by atoms with van der Waals surface area (Å²) in [6, 6.07) is 16.3. The van der Waals surface area contributed by atoms with Crippen LogP contribution in [0.2, 0.25) is 0 Å². The van der Waals surface area contributed by atoms with Gasteiger partial charge in [0.25, 0.3) is 0 Å². The highest BCUT2D eigenvalue weighted by Crippen LogP contribution is 2.72. The van der Waals surface area contributed by atoms with E-state index in [0.29, 0.717) is 0 Å². The topological polar surface area (TPSA) is 34.5 Å². The van der Waals surface area contributed by atoms with Crippen LogP contribution >= 0.6 is 42.4 Å². The van der Waals surface area contributed by atoms with Crippen LogP contribution in [0.1, 0.15) is 0 Å². The minimum atomic E-state index is -1.49. The van der Waals surface area contributed by atoms with E-state index in [1.54, 1.807) is 0 Å². The normalized spacial score (nSPS) is 18.7. The Morgan fingerprint density at radius 2 is 1.24 bits per heavy atom. The van der Waals surface area contributed by atoms with E-state index >= 15 is 0 Å². The Hall–Kier alpha value is -0.330. The molecule has 1 fully saturated rings. The summed E-state index contributed by atoms with van der Waals surface area (Å²) in [5.41, 5.74) is 0. The van der Waals surface area contributed by atoms with Gasteiger partial charge in [0.2, 0.25) is 0 Å². The van der Waals surface area contributed by atoms with Crippen LogP contribution in [-0.4, -0.2) is 0 Å². The van der Waals surface area contributed by atoms with Crippen molar-refractivity contribution in [1.29, 1.82) is 0 Å². The molecule has 5 heteroatoms. The molecule has 2 nitrogen and oxygen atoms in total. The molecule has 0 aliphatic carbocycles. The molecule has 0 aromatic heterocycles. The predicted molar refractivity (Wildman–Crippen MR) is 76.6 cm³/mol. The molecule has 0 amide bonds. The number of hydrogen-bond donors (Lipinski definition) is 1. The third kappa shape index (κ3) is 1.96. The summed E-state index contributed by atoms with van der Waals surface area (Å²) in [6.07, 6.45) is 0. The Morgan fingerprint density at radius 1 is 0.824 bits per heavy atom. The van der Waals surface area contributed by atoms with Gasteiger partial charge in [-0.15, -0.1) is 4.89 Å². The van der Waals surface area contributed by atoms with Crippen molar-refractivity contribution in [3.8, 4) is 0 Å². The largest absolute Gasteiger partial charge is 0.217 e. The van der Waals surface area contributed by atoms with Crippen molar-refractivity contribution in [3.63, 3.8) is 0 Å². The second kappa shape index (κ2) is 4.40. The first kappa shape index (κ1) is 11.7. The van der Waals surface area contributed by atoms with Crippen LogP contribution in [0.4, 0.5) is 0 Å². The monoisotopic (exact) mass is 373 g/mol. The van der Waals surface area contributed by atoms with Crippen molar-refractivity contribution in [2.24, 2.45) is 0 Å². The summed E-state index contributed by atoms with van der Waals surface area (Å²) < 4.78 is 7.73. The van der Waals surface area contributed by atoms with Crippen molar-refractivity contribution in [3.05, 3.63) is 57.5 Å². The molecule has 2 aromatic carbocycles. The summed E-state index contributed by atoms with van der Waals surface area (Å²) >= 11 is 7.16. The van der Waals surface area contributed by atoms with Crippen LogP contribution in [0.3, 0.4) is 0 Å². The molecular formula is C12H9Br2NOS.